The van der Waals surface area contributed by atoms with Crippen LogP contribution in [0, 0.1) is 5.92 Å². The van der Waals surface area contributed by atoms with Crippen LogP contribution in [0.1, 0.15) is 18.9 Å². The van der Waals surface area contributed by atoms with E-state index in [-0.39, 0.29) is 5.92 Å². The van der Waals surface area contributed by atoms with Gasteiger partial charge in [0.1, 0.15) is 0 Å². The van der Waals surface area contributed by atoms with Crippen molar-refractivity contribution in [2.24, 2.45) is 5.92 Å². The molecule has 0 aromatic heterocycles. The van der Waals surface area contributed by atoms with E-state index in [0.717, 1.165) is 19.4 Å². The number of benzene rings is 1. The largest absolute Gasteiger partial charge is 0.481 e. The monoisotopic (exact) mass is 233 g/mol. The Balaban J connectivity index is 1.89. The van der Waals surface area contributed by atoms with Crippen molar-refractivity contribution in [3.05, 3.63) is 35.9 Å². The first-order valence-corrected chi connectivity index (χ1v) is 6.17. The lowest BCUT2D eigenvalue weighted by atomic mass is 10.1. The van der Waals surface area contributed by atoms with Crippen LogP contribution in [-0.4, -0.2) is 35.1 Å². The molecule has 1 heterocycles. The highest BCUT2D eigenvalue weighted by atomic mass is 16.4. The molecule has 1 N–H and O–H groups in total. The molecule has 1 saturated heterocycles. The summed E-state index contributed by atoms with van der Waals surface area (Å²) in [6, 6.07) is 10.8. The lowest BCUT2D eigenvalue weighted by Gasteiger charge is -2.24. The molecule has 1 aromatic rings. The molecular weight excluding hydrogens is 214 g/mol. The maximum absolute atomic E-state index is 10.9. The molecule has 0 spiro atoms. The minimum Gasteiger partial charge on any atom is -0.481 e. The maximum Gasteiger partial charge on any atom is 0.307 e. The van der Waals surface area contributed by atoms with E-state index in [4.69, 9.17) is 5.11 Å². The standard InChI is InChI=1S/C14H19NO2/c1-11(9-12-5-3-2-4-6-12)15-8-7-13(10-15)14(16)17/h2-6,11,13H,7-10H2,1H3,(H,16,17). The minimum atomic E-state index is -0.653. The Hall–Kier alpha value is -1.35. The number of aliphatic carboxylic acids is 1. The van der Waals surface area contributed by atoms with Crippen LogP contribution < -0.4 is 0 Å². The molecule has 17 heavy (non-hydrogen) atoms. The summed E-state index contributed by atoms with van der Waals surface area (Å²) < 4.78 is 0. The van der Waals surface area contributed by atoms with Crippen molar-refractivity contribution in [1.29, 1.82) is 0 Å². The number of hydrogen-bond donors (Lipinski definition) is 1. The summed E-state index contributed by atoms with van der Waals surface area (Å²) in [6.45, 7) is 3.78. The SMILES string of the molecule is CC(Cc1ccccc1)N1CCC(C(=O)O)C1. The highest BCUT2D eigenvalue weighted by Gasteiger charge is 2.30. The topological polar surface area (TPSA) is 40.5 Å². The van der Waals surface area contributed by atoms with Gasteiger partial charge < -0.3 is 5.11 Å². The van der Waals surface area contributed by atoms with Crippen LogP contribution in [0.3, 0.4) is 0 Å². The summed E-state index contributed by atoms with van der Waals surface area (Å²) in [5.41, 5.74) is 1.32. The molecule has 92 valence electrons. The van der Waals surface area contributed by atoms with Crippen molar-refractivity contribution in [3.8, 4) is 0 Å². The van der Waals surface area contributed by atoms with Crippen LogP contribution >= 0.6 is 0 Å². The molecule has 1 fully saturated rings. The molecule has 0 bridgehead atoms. The van der Waals surface area contributed by atoms with E-state index in [2.05, 4.69) is 24.0 Å². The molecule has 3 heteroatoms. The second kappa shape index (κ2) is 5.32. The van der Waals surface area contributed by atoms with Gasteiger partial charge in [-0.25, -0.2) is 0 Å². The van der Waals surface area contributed by atoms with Crippen LogP contribution in [0.15, 0.2) is 30.3 Å². The van der Waals surface area contributed by atoms with Gasteiger partial charge in [-0.15, -0.1) is 0 Å². The third-order valence-electron chi connectivity index (χ3n) is 3.57. The van der Waals surface area contributed by atoms with Crippen LogP contribution in [0.4, 0.5) is 0 Å². The minimum absolute atomic E-state index is 0.173. The third kappa shape index (κ3) is 3.07. The quantitative estimate of drug-likeness (QED) is 0.865. The van der Waals surface area contributed by atoms with Crippen LogP contribution in [0.25, 0.3) is 0 Å². The van der Waals surface area contributed by atoms with Crippen molar-refractivity contribution >= 4 is 5.97 Å². The lowest BCUT2D eigenvalue weighted by molar-refractivity contribution is -0.141. The fourth-order valence-corrected chi connectivity index (χ4v) is 2.47. The Kier molecular flexibility index (Phi) is 3.79. The summed E-state index contributed by atoms with van der Waals surface area (Å²) in [5, 5.41) is 8.98. The molecule has 3 nitrogen and oxygen atoms in total. The highest BCUT2D eigenvalue weighted by molar-refractivity contribution is 5.70. The predicted molar refractivity (Wildman–Crippen MR) is 66.9 cm³/mol. The van der Waals surface area contributed by atoms with Gasteiger partial charge in [0.05, 0.1) is 5.92 Å². The number of nitrogens with zero attached hydrogens (tertiary/aromatic N) is 1. The van der Waals surface area contributed by atoms with Gasteiger partial charge in [-0.05, 0) is 31.9 Å². The molecule has 2 atom stereocenters. The zero-order valence-electron chi connectivity index (χ0n) is 10.2. The second-order valence-corrected chi connectivity index (χ2v) is 4.86. The van der Waals surface area contributed by atoms with Gasteiger partial charge >= 0.3 is 5.97 Å². The highest BCUT2D eigenvalue weighted by Crippen LogP contribution is 2.20. The van der Waals surface area contributed by atoms with Gasteiger partial charge in [0.2, 0.25) is 0 Å². The van der Waals surface area contributed by atoms with Crippen molar-refractivity contribution in [3.63, 3.8) is 0 Å². The molecule has 2 unspecified atom stereocenters. The smallest absolute Gasteiger partial charge is 0.307 e. The summed E-state index contributed by atoms with van der Waals surface area (Å²) in [5.74, 6) is -0.826. The summed E-state index contributed by atoms with van der Waals surface area (Å²) >= 11 is 0. The van der Waals surface area contributed by atoms with Crippen molar-refractivity contribution in [2.45, 2.75) is 25.8 Å². The van der Waals surface area contributed by atoms with Crippen molar-refractivity contribution in [1.82, 2.24) is 4.90 Å². The average Bonchev–Trinajstić information content (AvgIpc) is 2.79. The van der Waals surface area contributed by atoms with Crippen LogP contribution in [-0.2, 0) is 11.2 Å². The number of carboxylic acid groups (broad SMARTS) is 1. The zero-order valence-corrected chi connectivity index (χ0v) is 10.2. The molecule has 1 aliphatic heterocycles. The van der Waals surface area contributed by atoms with Gasteiger partial charge in [0.15, 0.2) is 0 Å². The maximum atomic E-state index is 10.9. The Labute approximate surface area is 102 Å². The number of rotatable bonds is 4. The Morgan fingerprint density at radius 3 is 2.76 bits per heavy atom. The molecule has 2 rings (SSSR count). The molecule has 1 aromatic carbocycles. The number of carbonyl (C=O) groups is 1. The Morgan fingerprint density at radius 1 is 1.47 bits per heavy atom. The third-order valence-corrected chi connectivity index (χ3v) is 3.57. The van der Waals surface area contributed by atoms with E-state index < -0.39 is 5.97 Å². The van der Waals surface area contributed by atoms with E-state index in [1.165, 1.54) is 5.56 Å². The fourth-order valence-electron chi connectivity index (χ4n) is 2.47. The normalized spacial score (nSPS) is 22.5. The van der Waals surface area contributed by atoms with Gasteiger partial charge in [-0.2, -0.15) is 0 Å². The van der Waals surface area contributed by atoms with Gasteiger partial charge in [-0.1, -0.05) is 30.3 Å². The fraction of sp³-hybridized carbons (Fsp3) is 0.500. The molecular formula is C14H19NO2. The van der Waals surface area contributed by atoms with E-state index in [0.29, 0.717) is 12.6 Å². The van der Waals surface area contributed by atoms with Crippen molar-refractivity contribution < 1.29 is 9.90 Å². The average molecular weight is 233 g/mol. The lowest BCUT2D eigenvalue weighted by Crippen LogP contribution is -2.33. The predicted octanol–water partition coefficient (Wildman–Crippen LogP) is 2.02. The Morgan fingerprint density at radius 2 is 2.18 bits per heavy atom. The first-order valence-electron chi connectivity index (χ1n) is 6.17. The van der Waals surface area contributed by atoms with Gasteiger partial charge in [-0.3, -0.25) is 9.69 Å². The molecule has 0 amide bonds. The number of carboxylic acids is 1. The number of likely N-dealkylation sites (tertiary alicyclic amines) is 1. The first-order chi connectivity index (χ1) is 8.16. The molecule has 0 radical (unpaired) electrons. The summed E-state index contributed by atoms with van der Waals surface area (Å²) in [6.07, 6.45) is 1.78. The van der Waals surface area contributed by atoms with Crippen LogP contribution in [0.5, 0.6) is 0 Å². The van der Waals surface area contributed by atoms with E-state index >= 15 is 0 Å². The van der Waals surface area contributed by atoms with Gasteiger partial charge in [0.25, 0.3) is 0 Å². The van der Waals surface area contributed by atoms with Gasteiger partial charge in [0, 0.05) is 12.6 Å². The molecule has 0 aliphatic carbocycles. The summed E-state index contributed by atoms with van der Waals surface area (Å²) in [7, 11) is 0. The van der Waals surface area contributed by atoms with E-state index in [1.54, 1.807) is 0 Å². The van der Waals surface area contributed by atoms with E-state index in [9.17, 15) is 4.79 Å². The first kappa shape index (κ1) is 12.1. The second-order valence-electron chi connectivity index (χ2n) is 4.86. The molecule has 1 aliphatic rings. The molecule has 0 saturated carbocycles. The van der Waals surface area contributed by atoms with E-state index in [1.807, 2.05) is 18.2 Å². The van der Waals surface area contributed by atoms with Crippen molar-refractivity contribution in [2.75, 3.05) is 13.1 Å². The van der Waals surface area contributed by atoms with Crippen LogP contribution in [0.2, 0.25) is 0 Å². The number of hydrogen-bond acceptors (Lipinski definition) is 2. The Bertz CT molecular complexity index is 377. The summed E-state index contributed by atoms with van der Waals surface area (Å²) in [4.78, 5) is 13.2. The zero-order chi connectivity index (χ0) is 12.3.